The van der Waals surface area contributed by atoms with Gasteiger partial charge in [-0.25, -0.2) is 4.98 Å². The predicted molar refractivity (Wildman–Crippen MR) is 98.1 cm³/mol. The van der Waals surface area contributed by atoms with Crippen molar-refractivity contribution in [2.45, 2.75) is 45.6 Å². The fourth-order valence-electron chi connectivity index (χ4n) is 5.33. The van der Waals surface area contributed by atoms with Crippen LogP contribution in [0, 0.1) is 25.7 Å². The Hall–Kier alpha value is -2.44. The van der Waals surface area contributed by atoms with Crippen molar-refractivity contribution < 1.29 is 14.1 Å². The molecule has 27 heavy (non-hydrogen) atoms. The number of aromatic nitrogens is 2. The minimum atomic E-state index is 0.0297. The molecule has 0 saturated carbocycles. The fourth-order valence-corrected chi connectivity index (χ4v) is 5.33. The topological polar surface area (TPSA) is 79.5 Å². The van der Waals surface area contributed by atoms with Crippen LogP contribution in [0.4, 0.5) is 0 Å². The van der Waals surface area contributed by atoms with E-state index in [-0.39, 0.29) is 5.91 Å². The van der Waals surface area contributed by atoms with Gasteiger partial charge in [-0.05, 0) is 51.0 Å². The predicted octanol–water partition coefficient (Wildman–Crippen LogP) is 2.31. The maximum absolute atomic E-state index is 13.4. The van der Waals surface area contributed by atoms with Gasteiger partial charge < -0.3 is 14.3 Å². The van der Waals surface area contributed by atoms with Gasteiger partial charge in [0.05, 0.1) is 16.6 Å². The molecule has 2 bridgehead atoms. The van der Waals surface area contributed by atoms with Crippen LogP contribution in [0.5, 0.6) is 0 Å². The highest BCUT2D eigenvalue weighted by Gasteiger charge is 2.45. The van der Waals surface area contributed by atoms with E-state index >= 15 is 0 Å². The van der Waals surface area contributed by atoms with E-state index in [1.165, 1.54) is 0 Å². The molecule has 0 aliphatic carbocycles. The summed E-state index contributed by atoms with van der Waals surface area (Å²) in [5.41, 5.74) is 2.51. The molecule has 7 nitrogen and oxygen atoms in total. The second-order valence-electron chi connectivity index (χ2n) is 8.34. The number of aryl methyl sites for hydroxylation is 2. The van der Waals surface area contributed by atoms with Crippen LogP contribution < -0.4 is 0 Å². The maximum atomic E-state index is 13.4. The smallest absolute Gasteiger partial charge is 0.258 e. The van der Waals surface area contributed by atoms with Crippen molar-refractivity contribution in [2.75, 3.05) is 19.6 Å². The molecule has 3 aliphatic heterocycles. The molecule has 7 heteroatoms. The number of carbonyl (C=O) groups is 2. The van der Waals surface area contributed by atoms with E-state index in [2.05, 4.69) is 15.0 Å². The molecule has 3 aliphatic rings. The molecule has 0 radical (unpaired) electrons. The van der Waals surface area contributed by atoms with E-state index in [0.29, 0.717) is 53.7 Å². The average molecular weight is 368 g/mol. The van der Waals surface area contributed by atoms with E-state index < -0.39 is 0 Å². The molecular weight excluding hydrogens is 344 g/mol. The average Bonchev–Trinajstić information content (AvgIpc) is 3.02. The van der Waals surface area contributed by atoms with E-state index in [1.807, 2.05) is 24.8 Å². The number of pyridine rings is 1. The molecule has 5 rings (SSSR count). The summed E-state index contributed by atoms with van der Waals surface area (Å²) in [6.07, 6.45) is 3.84. The second kappa shape index (κ2) is 6.04. The Morgan fingerprint density at radius 2 is 2.11 bits per heavy atom. The summed E-state index contributed by atoms with van der Waals surface area (Å²) in [6, 6.07) is 2.14. The Morgan fingerprint density at radius 1 is 1.26 bits per heavy atom. The van der Waals surface area contributed by atoms with Gasteiger partial charge in [0.25, 0.3) is 11.6 Å². The van der Waals surface area contributed by atoms with Gasteiger partial charge in [-0.15, -0.1) is 0 Å². The van der Waals surface area contributed by atoms with Crippen LogP contribution in [-0.2, 0) is 4.79 Å². The molecule has 0 N–H and O–H groups in total. The van der Waals surface area contributed by atoms with Crippen LogP contribution in [0.1, 0.15) is 47.4 Å². The Bertz CT molecular complexity index is 937. The van der Waals surface area contributed by atoms with Gasteiger partial charge >= 0.3 is 0 Å². The molecule has 3 saturated heterocycles. The second-order valence-corrected chi connectivity index (χ2v) is 8.34. The summed E-state index contributed by atoms with van der Waals surface area (Å²) in [6.45, 7) is 5.93. The lowest BCUT2D eigenvalue weighted by molar-refractivity contribution is -0.144. The normalized spacial score (nSPS) is 27.8. The standard InChI is InChI=1S/C20H24N4O3/c1-11-6-15(18-12(2)22-27-19(18)21-11)20(26)23-8-13-7-14(10-23)16-4-3-5-17(25)24(16)9-13/h6,13-14,16H,3-5,7-10H2,1-2H3/t13-,14-,16?/m0/s1. The zero-order valence-corrected chi connectivity index (χ0v) is 15.8. The molecule has 2 aromatic rings. The first-order valence-electron chi connectivity index (χ1n) is 9.83. The monoisotopic (exact) mass is 368 g/mol. The molecule has 5 heterocycles. The molecule has 142 valence electrons. The van der Waals surface area contributed by atoms with Crippen LogP contribution in [0.25, 0.3) is 11.1 Å². The Balaban J connectivity index is 1.46. The van der Waals surface area contributed by atoms with E-state index in [9.17, 15) is 9.59 Å². The number of likely N-dealkylation sites (tertiary alicyclic amines) is 1. The van der Waals surface area contributed by atoms with E-state index in [4.69, 9.17) is 4.52 Å². The summed E-state index contributed by atoms with van der Waals surface area (Å²) in [4.78, 5) is 34.2. The summed E-state index contributed by atoms with van der Waals surface area (Å²) in [5.74, 6) is 1.08. The number of rotatable bonds is 1. The molecule has 2 amide bonds. The summed E-state index contributed by atoms with van der Waals surface area (Å²) >= 11 is 0. The Morgan fingerprint density at radius 3 is 2.96 bits per heavy atom. The number of piperidine rings is 3. The van der Waals surface area contributed by atoms with Gasteiger partial charge in [0, 0.05) is 37.8 Å². The number of amides is 2. The first-order valence-corrected chi connectivity index (χ1v) is 9.83. The van der Waals surface area contributed by atoms with Crippen molar-refractivity contribution in [1.82, 2.24) is 19.9 Å². The lowest BCUT2D eigenvalue weighted by atomic mass is 9.76. The molecule has 0 spiro atoms. The summed E-state index contributed by atoms with van der Waals surface area (Å²) in [7, 11) is 0. The van der Waals surface area contributed by atoms with E-state index in [1.54, 1.807) is 0 Å². The number of nitrogens with zero attached hydrogens (tertiary/aromatic N) is 4. The molecule has 3 atom stereocenters. The lowest BCUT2D eigenvalue weighted by Crippen LogP contribution is -2.61. The van der Waals surface area contributed by atoms with Gasteiger partial charge in [-0.3, -0.25) is 9.59 Å². The van der Waals surface area contributed by atoms with Crippen LogP contribution in [0.15, 0.2) is 10.6 Å². The van der Waals surface area contributed by atoms with Crippen LogP contribution >= 0.6 is 0 Å². The maximum Gasteiger partial charge on any atom is 0.258 e. The zero-order valence-electron chi connectivity index (χ0n) is 15.8. The third kappa shape index (κ3) is 2.63. The highest BCUT2D eigenvalue weighted by Crippen LogP contribution is 2.38. The minimum Gasteiger partial charge on any atom is -0.339 e. The number of hydrogen-bond donors (Lipinski definition) is 0. The van der Waals surface area contributed by atoms with Crippen molar-refractivity contribution in [1.29, 1.82) is 0 Å². The SMILES string of the molecule is Cc1cc(C(=O)N2C[C@@H]3C[C@@H](C2)C2CCCC(=O)N2C3)c2c(C)noc2n1. The van der Waals surface area contributed by atoms with Crippen molar-refractivity contribution >= 4 is 22.9 Å². The van der Waals surface area contributed by atoms with Crippen LogP contribution in [0.2, 0.25) is 0 Å². The highest BCUT2D eigenvalue weighted by atomic mass is 16.5. The van der Waals surface area contributed by atoms with Crippen molar-refractivity contribution in [2.24, 2.45) is 11.8 Å². The lowest BCUT2D eigenvalue weighted by Gasteiger charge is -2.52. The summed E-state index contributed by atoms with van der Waals surface area (Å²) in [5, 5.41) is 4.71. The third-order valence-electron chi connectivity index (χ3n) is 6.44. The first-order chi connectivity index (χ1) is 13.0. The Labute approximate surface area is 157 Å². The van der Waals surface area contributed by atoms with Crippen molar-refractivity contribution in [3.05, 3.63) is 23.0 Å². The molecule has 1 unspecified atom stereocenters. The van der Waals surface area contributed by atoms with Crippen molar-refractivity contribution in [3.8, 4) is 0 Å². The Kier molecular flexibility index (Phi) is 3.74. The van der Waals surface area contributed by atoms with Gasteiger partial charge in [-0.1, -0.05) is 5.16 Å². The van der Waals surface area contributed by atoms with Gasteiger partial charge in [0.2, 0.25) is 5.91 Å². The quantitative estimate of drug-likeness (QED) is 0.772. The number of carbonyl (C=O) groups excluding carboxylic acids is 2. The van der Waals surface area contributed by atoms with Crippen LogP contribution in [0.3, 0.4) is 0 Å². The van der Waals surface area contributed by atoms with E-state index in [0.717, 1.165) is 43.4 Å². The third-order valence-corrected chi connectivity index (χ3v) is 6.44. The van der Waals surface area contributed by atoms with Gasteiger partial charge in [0.1, 0.15) is 0 Å². The molecule has 2 aromatic heterocycles. The number of fused-ring (bicyclic) bond motifs is 5. The van der Waals surface area contributed by atoms with Crippen LogP contribution in [-0.4, -0.2) is 57.4 Å². The molecular formula is C20H24N4O3. The molecule has 3 fully saturated rings. The first kappa shape index (κ1) is 16.7. The van der Waals surface area contributed by atoms with Gasteiger partial charge in [-0.2, -0.15) is 0 Å². The number of hydrogen-bond acceptors (Lipinski definition) is 5. The fraction of sp³-hybridized carbons (Fsp3) is 0.600. The zero-order chi connectivity index (χ0) is 18.7. The van der Waals surface area contributed by atoms with Gasteiger partial charge in [0.15, 0.2) is 0 Å². The largest absolute Gasteiger partial charge is 0.339 e. The summed E-state index contributed by atoms with van der Waals surface area (Å²) < 4.78 is 5.29. The van der Waals surface area contributed by atoms with Crippen molar-refractivity contribution in [3.63, 3.8) is 0 Å². The molecule has 0 aromatic carbocycles. The minimum absolute atomic E-state index is 0.0297. The highest BCUT2D eigenvalue weighted by molar-refractivity contribution is 6.06.